The summed E-state index contributed by atoms with van der Waals surface area (Å²) < 4.78 is 18.3. The molecule has 2 heterocycles. The van der Waals surface area contributed by atoms with E-state index in [2.05, 4.69) is 10.6 Å². The van der Waals surface area contributed by atoms with E-state index in [1.165, 1.54) is 0 Å². The molecule has 2 aliphatic rings. The fraction of sp³-hybridized carbons (Fsp3) is 0.440. The molecule has 0 aliphatic carbocycles. The molecule has 2 N–H and O–H groups in total. The van der Waals surface area contributed by atoms with Gasteiger partial charge in [-0.2, -0.15) is 0 Å². The summed E-state index contributed by atoms with van der Waals surface area (Å²) in [6.07, 6.45) is -0.828. The number of fused-ring (bicyclic) bond motifs is 1. The zero-order chi connectivity index (χ0) is 23.6. The molecule has 0 bridgehead atoms. The summed E-state index contributed by atoms with van der Waals surface area (Å²) in [5.74, 6) is -1.19. The first-order valence-corrected chi connectivity index (χ1v) is 11.1. The number of benzene rings is 2. The molecule has 2 aromatic rings. The molecule has 0 aromatic heterocycles. The second-order valence-corrected chi connectivity index (χ2v) is 9.15. The first-order chi connectivity index (χ1) is 15.7. The van der Waals surface area contributed by atoms with Crippen LogP contribution in [0, 0.1) is 0 Å². The van der Waals surface area contributed by atoms with Gasteiger partial charge in [0, 0.05) is 37.5 Å². The zero-order valence-electron chi connectivity index (χ0n) is 19.5. The Bertz CT molecular complexity index is 993. The average Bonchev–Trinajstić information content (AvgIpc) is 3.26. The SMILES string of the molecule is CN(C)c1ccc(C(=O)NC[C@H]2OC[C@]3(CNC(=O)c4ccccc4)OC(C)(C)O[C@H]23)cc1. The van der Waals surface area contributed by atoms with E-state index in [0.29, 0.717) is 11.1 Å². The average molecular weight is 454 g/mol. The molecular weight excluding hydrogens is 422 g/mol. The van der Waals surface area contributed by atoms with Crippen molar-refractivity contribution in [2.75, 3.05) is 38.7 Å². The minimum atomic E-state index is -0.823. The molecule has 2 fully saturated rings. The van der Waals surface area contributed by atoms with Crippen LogP contribution >= 0.6 is 0 Å². The van der Waals surface area contributed by atoms with Gasteiger partial charge in [-0.3, -0.25) is 9.59 Å². The lowest BCUT2D eigenvalue weighted by atomic mass is 9.96. The number of nitrogens with one attached hydrogen (secondary N) is 2. The first kappa shape index (κ1) is 23.2. The molecule has 2 amide bonds. The summed E-state index contributed by atoms with van der Waals surface area (Å²) in [5.41, 5.74) is 1.35. The van der Waals surface area contributed by atoms with E-state index in [9.17, 15) is 9.59 Å². The number of ether oxygens (including phenoxy) is 3. The van der Waals surface area contributed by atoms with Crippen LogP contribution in [0.1, 0.15) is 34.6 Å². The molecule has 0 radical (unpaired) electrons. The maximum absolute atomic E-state index is 12.6. The van der Waals surface area contributed by atoms with Crippen molar-refractivity contribution in [2.24, 2.45) is 0 Å². The molecule has 176 valence electrons. The largest absolute Gasteiger partial charge is 0.378 e. The number of hydrogen-bond donors (Lipinski definition) is 2. The van der Waals surface area contributed by atoms with E-state index in [1.807, 2.05) is 63.2 Å². The molecule has 8 nitrogen and oxygen atoms in total. The Labute approximate surface area is 194 Å². The smallest absolute Gasteiger partial charge is 0.251 e. The Morgan fingerprint density at radius 1 is 0.970 bits per heavy atom. The van der Waals surface area contributed by atoms with Crippen molar-refractivity contribution in [3.05, 3.63) is 65.7 Å². The van der Waals surface area contributed by atoms with Gasteiger partial charge in [0.25, 0.3) is 11.8 Å². The fourth-order valence-corrected chi connectivity index (χ4v) is 4.33. The van der Waals surface area contributed by atoms with Gasteiger partial charge in [0.2, 0.25) is 0 Å². The van der Waals surface area contributed by atoms with Gasteiger partial charge in [-0.05, 0) is 50.2 Å². The van der Waals surface area contributed by atoms with Gasteiger partial charge in [-0.15, -0.1) is 0 Å². The lowest BCUT2D eigenvalue weighted by Crippen LogP contribution is -2.52. The molecule has 2 aromatic carbocycles. The van der Waals surface area contributed by atoms with Crippen molar-refractivity contribution in [3.8, 4) is 0 Å². The summed E-state index contributed by atoms with van der Waals surface area (Å²) >= 11 is 0. The highest BCUT2D eigenvalue weighted by atomic mass is 16.8. The Kier molecular flexibility index (Phi) is 6.43. The number of hydrogen-bond acceptors (Lipinski definition) is 6. The summed E-state index contributed by atoms with van der Waals surface area (Å²) in [5, 5.41) is 5.89. The number of amides is 2. The summed E-state index contributed by atoms with van der Waals surface area (Å²) in [7, 11) is 3.90. The molecule has 2 saturated heterocycles. The lowest BCUT2D eigenvalue weighted by Gasteiger charge is -2.27. The summed E-state index contributed by atoms with van der Waals surface area (Å²) in [6.45, 7) is 4.45. The van der Waals surface area contributed by atoms with Crippen molar-refractivity contribution >= 4 is 17.5 Å². The second-order valence-electron chi connectivity index (χ2n) is 9.15. The van der Waals surface area contributed by atoms with Crippen LogP contribution in [0.5, 0.6) is 0 Å². The van der Waals surface area contributed by atoms with Gasteiger partial charge in [-0.25, -0.2) is 0 Å². The van der Waals surface area contributed by atoms with Gasteiger partial charge >= 0.3 is 0 Å². The monoisotopic (exact) mass is 453 g/mol. The van der Waals surface area contributed by atoms with Gasteiger partial charge in [0.15, 0.2) is 5.79 Å². The number of anilines is 1. The molecule has 33 heavy (non-hydrogen) atoms. The Morgan fingerprint density at radius 2 is 1.61 bits per heavy atom. The summed E-state index contributed by atoms with van der Waals surface area (Å²) in [4.78, 5) is 27.2. The van der Waals surface area contributed by atoms with E-state index in [-0.39, 0.29) is 31.5 Å². The van der Waals surface area contributed by atoms with Crippen molar-refractivity contribution in [3.63, 3.8) is 0 Å². The quantitative estimate of drug-likeness (QED) is 0.668. The van der Waals surface area contributed by atoms with Crippen molar-refractivity contribution in [2.45, 2.75) is 37.4 Å². The third kappa shape index (κ3) is 5.03. The van der Waals surface area contributed by atoms with E-state index < -0.39 is 23.6 Å². The van der Waals surface area contributed by atoms with Crippen molar-refractivity contribution in [1.82, 2.24) is 10.6 Å². The molecule has 0 unspecified atom stereocenters. The highest BCUT2D eigenvalue weighted by Crippen LogP contribution is 2.43. The van der Waals surface area contributed by atoms with E-state index >= 15 is 0 Å². The zero-order valence-corrected chi connectivity index (χ0v) is 19.5. The molecule has 2 aliphatic heterocycles. The Balaban J connectivity index is 1.39. The number of nitrogens with zero attached hydrogens (tertiary/aromatic N) is 1. The predicted molar refractivity (Wildman–Crippen MR) is 124 cm³/mol. The van der Waals surface area contributed by atoms with Crippen LogP contribution < -0.4 is 15.5 Å². The second kappa shape index (κ2) is 9.13. The highest BCUT2D eigenvalue weighted by molar-refractivity contribution is 5.94. The standard InChI is InChI=1S/C25H31N3O5/c1-24(2)32-21-20(14-26-22(29)18-10-12-19(13-11-18)28(3)4)31-16-25(21,33-24)15-27-23(30)17-8-6-5-7-9-17/h5-13,20-21H,14-16H2,1-4H3,(H,26,29)(H,27,30)/t20-,21-,25+/m1/s1. The van der Waals surface area contributed by atoms with Gasteiger partial charge < -0.3 is 29.7 Å². The van der Waals surface area contributed by atoms with Crippen LogP contribution in [0.2, 0.25) is 0 Å². The van der Waals surface area contributed by atoms with Crippen LogP contribution in [0.15, 0.2) is 54.6 Å². The topological polar surface area (TPSA) is 89.1 Å². The van der Waals surface area contributed by atoms with Crippen molar-refractivity contribution in [1.29, 1.82) is 0 Å². The van der Waals surface area contributed by atoms with E-state index in [1.54, 1.807) is 24.3 Å². The number of carbonyl (C=O) groups excluding carboxylic acids is 2. The minimum Gasteiger partial charge on any atom is -0.378 e. The van der Waals surface area contributed by atoms with E-state index in [4.69, 9.17) is 14.2 Å². The van der Waals surface area contributed by atoms with Crippen LogP contribution in [0.4, 0.5) is 5.69 Å². The third-order valence-electron chi connectivity index (χ3n) is 5.95. The Morgan fingerprint density at radius 3 is 2.27 bits per heavy atom. The van der Waals surface area contributed by atoms with Gasteiger partial charge in [0.05, 0.1) is 13.2 Å². The van der Waals surface area contributed by atoms with E-state index in [0.717, 1.165) is 5.69 Å². The Hall–Kier alpha value is -2.94. The maximum Gasteiger partial charge on any atom is 0.251 e. The van der Waals surface area contributed by atoms with Gasteiger partial charge in [-0.1, -0.05) is 18.2 Å². The summed E-state index contributed by atoms with van der Waals surface area (Å²) in [6, 6.07) is 16.4. The molecule has 8 heteroatoms. The predicted octanol–water partition coefficient (Wildman–Crippen LogP) is 2.20. The highest BCUT2D eigenvalue weighted by Gasteiger charge is 2.61. The number of rotatable bonds is 7. The fourth-order valence-electron chi connectivity index (χ4n) is 4.33. The van der Waals surface area contributed by atoms with Crippen LogP contribution in [-0.2, 0) is 14.2 Å². The maximum atomic E-state index is 12.6. The molecule has 0 saturated carbocycles. The molecule has 0 spiro atoms. The van der Waals surface area contributed by atoms with Gasteiger partial charge in [0.1, 0.15) is 17.8 Å². The molecule has 4 rings (SSSR count). The first-order valence-electron chi connectivity index (χ1n) is 11.1. The van der Waals surface area contributed by atoms with Crippen LogP contribution in [0.25, 0.3) is 0 Å². The molecular formula is C25H31N3O5. The lowest BCUT2D eigenvalue weighted by molar-refractivity contribution is -0.188. The minimum absolute atomic E-state index is 0.183. The van der Waals surface area contributed by atoms with Crippen LogP contribution in [0.3, 0.4) is 0 Å². The van der Waals surface area contributed by atoms with Crippen LogP contribution in [-0.4, -0.2) is 69.2 Å². The number of carbonyl (C=O) groups is 2. The normalized spacial score (nSPS) is 25.3. The van der Waals surface area contributed by atoms with Crippen molar-refractivity contribution < 1.29 is 23.8 Å². The third-order valence-corrected chi connectivity index (χ3v) is 5.95. The molecule has 3 atom stereocenters.